The van der Waals surface area contributed by atoms with Crippen LogP contribution in [0.25, 0.3) is 5.69 Å². The predicted molar refractivity (Wildman–Crippen MR) is 67.2 cm³/mol. The number of aromatic amines is 1. The number of nitrogens with zero attached hydrogens (tertiary/aromatic N) is 1. The summed E-state index contributed by atoms with van der Waals surface area (Å²) < 4.78 is 1.08. The van der Waals surface area contributed by atoms with E-state index in [0.29, 0.717) is 5.69 Å². The minimum absolute atomic E-state index is 0.145. The van der Waals surface area contributed by atoms with Gasteiger partial charge in [-0.05, 0) is 31.0 Å². The van der Waals surface area contributed by atoms with Crippen LogP contribution in [0.15, 0.2) is 23.0 Å². The number of nitrogens with two attached hydrogens (primary N) is 1. The van der Waals surface area contributed by atoms with E-state index in [1.54, 1.807) is 13.0 Å². The minimum atomic E-state index is -1.24. The average Bonchev–Trinajstić information content (AvgIpc) is 2.57. The van der Waals surface area contributed by atoms with Gasteiger partial charge in [-0.3, -0.25) is 9.55 Å². The van der Waals surface area contributed by atoms with Gasteiger partial charge < -0.3 is 10.8 Å². The molecule has 0 unspecified atom stereocenters. The lowest BCUT2D eigenvalue weighted by Gasteiger charge is -2.09. The molecule has 6 heteroatoms. The molecule has 2 aromatic rings. The van der Waals surface area contributed by atoms with Gasteiger partial charge in [0.2, 0.25) is 0 Å². The molecule has 1 heterocycles. The van der Waals surface area contributed by atoms with Gasteiger partial charge in [-0.15, -0.1) is 0 Å². The zero-order valence-electron chi connectivity index (χ0n) is 10.0. The van der Waals surface area contributed by atoms with Gasteiger partial charge in [-0.2, -0.15) is 0 Å². The van der Waals surface area contributed by atoms with Crippen LogP contribution >= 0.6 is 0 Å². The third-order valence-electron chi connectivity index (χ3n) is 2.73. The van der Waals surface area contributed by atoms with Crippen molar-refractivity contribution < 1.29 is 9.90 Å². The molecule has 0 aliphatic rings. The number of nitrogen functional groups attached to an aromatic ring is 1. The van der Waals surface area contributed by atoms with Gasteiger partial charge in [0.05, 0.1) is 5.69 Å². The van der Waals surface area contributed by atoms with Crippen molar-refractivity contribution in [3.8, 4) is 5.69 Å². The van der Waals surface area contributed by atoms with Gasteiger partial charge in [0.25, 0.3) is 0 Å². The summed E-state index contributed by atoms with van der Waals surface area (Å²) in [5.41, 5.74) is 6.96. The first-order chi connectivity index (χ1) is 8.41. The van der Waals surface area contributed by atoms with E-state index < -0.39 is 11.7 Å². The summed E-state index contributed by atoms with van der Waals surface area (Å²) in [7, 11) is 0. The van der Waals surface area contributed by atoms with Crippen molar-refractivity contribution in [2.75, 3.05) is 5.73 Å². The van der Waals surface area contributed by atoms with Crippen LogP contribution < -0.4 is 11.4 Å². The Labute approximate surface area is 103 Å². The van der Waals surface area contributed by atoms with Gasteiger partial charge in [-0.25, -0.2) is 9.59 Å². The fourth-order valence-electron chi connectivity index (χ4n) is 1.85. The Balaban J connectivity index is 2.82. The number of hydrogen-bond acceptors (Lipinski definition) is 3. The maximum Gasteiger partial charge on any atom is 0.356 e. The highest BCUT2D eigenvalue weighted by molar-refractivity contribution is 5.91. The largest absolute Gasteiger partial charge is 0.476 e. The van der Waals surface area contributed by atoms with Crippen molar-refractivity contribution in [3.05, 3.63) is 45.5 Å². The average molecular weight is 247 g/mol. The molecule has 0 aliphatic heterocycles. The molecule has 6 nitrogen and oxygen atoms in total. The summed E-state index contributed by atoms with van der Waals surface area (Å²) in [6.45, 7) is 3.67. The number of aryl methyl sites for hydroxylation is 2. The highest BCUT2D eigenvalue weighted by Crippen LogP contribution is 2.18. The number of nitrogens with one attached hydrogen (secondary N) is 1. The molecule has 18 heavy (non-hydrogen) atoms. The lowest BCUT2D eigenvalue weighted by Crippen LogP contribution is -2.20. The summed E-state index contributed by atoms with van der Waals surface area (Å²) in [5.74, 6) is -1.39. The first-order valence-corrected chi connectivity index (χ1v) is 5.33. The predicted octanol–water partition coefficient (Wildman–Crippen LogP) is 1.06. The first kappa shape index (κ1) is 12.0. The molecule has 0 atom stereocenters. The summed E-state index contributed by atoms with van der Waals surface area (Å²) in [6, 6.07) is 5.46. The number of aromatic carboxylic acids is 1. The molecule has 2 rings (SSSR count). The number of carboxylic acids is 1. The van der Waals surface area contributed by atoms with Crippen molar-refractivity contribution >= 4 is 11.8 Å². The van der Waals surface area contributed by atoms with Crippen molar-refractivity contribution in [1.29, 1.82) is 0 Å². The third kappa shape index (κ3) is 1.77. The molecule has 0 bridgehead atoms. The Morgan fingerprint density at radius 2 is 2.06 bits per heavy atom. The quantitative estimate of drug-likeness (QED) is 0.738. The second-order valence-electron chi connectivity index (χ2n) is 4.12. The first-order valence-electron chi connectivity index (χ1n) is 5.33. The Hall–Kier alpha value is -2.50. The van der Waals surface area contributed by atoms with E-state index in [9.17, 15) is 9.59 Å². The van der Waals surface area contributed by atoms with Crippen molar-refractivity contribution in [1.82, 2.24) is 9.55 Å². The molecular formula is C12H13N3O3. The Morgan fingerprint density at radius 3 is 2.67 bits per heavy atom. The molecule has 0 aliphatic carbocycles. The zero-order valence-corrected chi connectivity index (χ0v) is 10.0. The minimum Gasteiger partial charge on any atom is -0.476 e. The summed E-state index contributed by atoms with van der Waals surface area (Å²) in [5, 5.41) is 9.12. The lowest BCUT2D eigenvalue weighted by molar-refractivity contribution is 0.0689. The zero-order chi connectivity index (χ0) is 13.4. The monoisotopic (exact) mass is 247 g/mol. The molecule has 0 amide bonds. The Bertz CT molecular complexity index is 682. The topological polar surface area (TPSA) is 101 Å². The number of rotatable bonds is 2. The Kier molecular flexibility index (Phi) is 2.70. The number of imidazole rings is 1. The molecule has 94 valence electrons. The smallest absolute Gasteiger partial charge is 0.356 e. The van der Waals surface area contributed by atoms with Crippen LogP contribution in [0.1, 0.15) is 21.6 Å². The number of benzene rings is 1. The molecule has 0 fully saturated rings. The van der Waals surface area contributed by atoms with Gasteiger partial charge >= 0.3 is 11.7 Å². The van der Waals surface area contributed by atoms with E-state index in [4.69, 9.17) is 10.8 Å². The number of carbonyl (C=O) groups is 1. The van der Waals surface area contributed by atoms with Crippen LogP contribution in [0.3, 0.4) is 0 Å². The number of hydrogen-bond donors (Lipinski definition) is 3. The second-order valence-corrected chi connectivity index (χ2v) is 4.12. The molecule has 0 saturated carbocycles. The summed E-state index contributed by atoms with van der Waals surface area (Å²) in [6.07, 6.45) is 0. The highest BCUT2D eigenvalue weighted by atomic mass is 16.4. The van der Waals surface area contributed by atoms with E-state index in [1.165, 1.54) is 0 Å². The van der Waals surface area contributed by atoms with Gasteiger partial charge in [-0.1, -0.05) is 12.1 Å². The molecule has 0 radical (unpaired) electrons. The van der Waals surface area contributed by atoms with Crippen LogP contribution in [0.4, 0.5) is 5.82 Å². The standard InChI is InChI=1S/C12H13N3O3/c1-6-3-4-7(2)8(5-6)15-9(11(16)17)10(13)14-12(15)18/h3-5H,13H2,1-2H3,(H,14,18)(H,16,17). The summed E-state index contributed by atoms with van der Waals surface area (Å²) >= 11 is 0. The van der Waals surface area contributed by atoms with E-state index in [-0.39, 0.29) is 11.5 Å². The van der Waals surface area contributed by atoms with Crippen molar-refractivity contribution in [2.45, 2.75) is 13.8 Å². The number of anilines is 1. The van der Waals surface area contributed by atoms with E-state index >= 15 is 0 Å². The number of carboxylic acid groups (broad SMARTS) is 1. The van der Waals surface area contributed by atoms with E-state index in [2.05, 4.69) is 4.98 Å². The van der Waals surface area contributed by atoms with E-state index in [1.807, 2.05) is 19.1 Å². The normalized spacial score (nSPS) is 10.6. The van der Waals surface area contributed by atoms with Crippen molar-refractivity contribution in [2.24, 2.45) is 0 Å². The van der Waals surface area contributed by atoms with Crippen molar-refractivity contribution in [3.63, 3.8) is 0 Å². The van der Waals surface area contributed by atoms with Crippen LogP contribution in [0.5, 0.6) is 0 Å². The fraction of sp³-hybridized carbons (Fsp3) is 0.167. The molecule has 4 N–H and O–H groups in total. The molecule has 0 spiro atoms. The van der Waals surface area contributed by atoms with Crippen LogP contribution in [0.2, 0.25) is 0 Å². The summed E-state index contributed by atoms with van der Waals surface area (Å²) in [4.78, 5) is 25.3. The number of H-pyrrole nitrogens is 1. The molecule has 1 aromatic carbocycles. The number of aromatic nitrogens is 2. The maximum absolute atomic E-state index is 11.8. The van der Waals surface area contributed by atoms with Gasteiger partial charge in [0.1, 0.15) is 5.82 Å². The molecule has 0 saturated heterocycles. The van der Waals surface area contributed by atoms with Crippen LogP contribution in [-0.4, -0.2) is 20.6 Å². The molecule has 1 aromatic heterocycles. The van der Waals surface area contributed by atoms with E-state index in [0.717, 1.165) is 15.7 Å². The fourth-order valence-corrected chi connectivity index (χ4v) is 1.85. The molecular weight excluding hydrogens is 234 g/mol. The maximum atomic E-state index is 11.8. The van der Waals surface area contributed by atoms with Gasteiger partial charge in [0, 0.05) is 0 Å². The Morgan fingerprint density at radius 1 is 1.39 bits per heavy atom. The highest BCUT2D eigenvalue weighted by Gasteiger charge is 2.20. The van der Waals surface area contributed by atoms with Crippen LogP contribution in [-0.2, 0) is 0 Å². The lowest BCUT2D eigenvalue weighted by atomic mass is 10.1. The van der Waals surface area contributed by atoms with Gasteiger partial charge in [0.15, 0.2) is 5.69 Å². The van der Waals surface area contributed by atoms with Crippen LogP contribution in [0, 0.1) is 13.8 Å². The second kappa shape index (κ2) is 4.06. The third-order valence-corrected chi connectivity index (χ3v) is 2.73. The SMILES string of the molecule is Cc1ccc(C)c(-n2c(C(=O)O)c(N)[nH]c2=O)c1.